The van der Waals surface area contributed by atoms with Gasteiger partial charge in [-0.25, -0.2) is 0 Å². The van der Waals surface area contributed by atoms with Crippen LogP contribution in [0, 0.1) is 11.8 Å². The maximum absolute atomic E-state index is 11.3. The molecule has 0 aromatic carbocycles. The summed E-state index contributed by atoms with van der Waals surface area (Å²) in [6.45, 7) is 6.41. The van der Waals surface area contributed by atoms with E-state index in [9.17, 15) is 4.79 Å². The van der Waals surface area contributed by atoms with E-state index in [-0.39, 0.29) is 0 Å². The summed E-state index contributed by atoms with van der Waals surface area (Å²) in [7, 11) is 0. The smallest absolute Gasteiger partial charge is 0.158 e. The first-order valence-electron chi connectivity index (χ1n) is 4.81. The quantitative estimate of drug-likeness (QED) is 0.585. The maximum Gasteiger partial charge on any atom is 0.158 e. The molecule has 0 unspecified atom stereocenters. The molecular weight excluding hydrogens is 148 g/mol. The van der Waals surface area contributed by atoms with Gasteiger partial charge in [-0.2, -0.15) is 0 Å². The lowest BCUT2D eigenvalue weighted by molar-refractivity contribution is -0.115. The van der Waals surface area contributed by atoms with Crippen molar-refractivity contribution in [2.45, 2.75) is 40.0 Å². The van der Waals surface area contributed by atoms with Gasteiger partial charge in [-0.3, -0.25) is 4.79 Å². The summed E-state index contributed by atoms with van der Waals surface area (Å²) in [5, 5.41) is 0. The van der Waals surface area contributed by atoms with Crippen molar-refractivity contribution in [1.82, 2.24) is 0 Å². The minimum Gasteiger partial charge on any atom is -0.295 e. The normalized spacial score (nSPS) is 25.5. The Bertz CT molecular complexity index is 201. The van der Waals surface area contributed by atoms with Crippen LogP contribution in [0.25, 0.3) is 0 Å². The molecule has 0 fully saturated rings. The predicted molar refractivity (Wildman–Crippen MR) is 50.9 cm³/mol. The van der Waals surface area contributed by atoms with E-state index >= 15 is 0 Å². The van der Waals surface area contributed by atoms with E-state index in [2.05, 4.69) is 19.9 Å². The molecular formula is C11H18O. The first-order valence-corrected chi connectivity index (χ1v) is 4.81. The number of hydrogen-bond acceptors (Lipinski definition) is 1. The summed E-state index contributed by atoms with van der Waals surface area (Å²) >= 11 is 0. The standard InChI is InChI=1S/C11H18O/c1-8(2)10-5-4-9(3)11(12)7-6-10/h4,8,10H,5-7H2,1-3H3/t10-/m0/s1. The molecule has 0 aliphatic heterocycles. The summed E-state index contributed by atoms with van der Waals surface area (Å²) in [5.41, 5.74) is 0.971. The molecule has 1 heteroatoms. The molecule has 0 heterocycles. The molecule has 0 spiro atoms. The Labute approximate surface area is 74.9 Å². The Morgan fingerprint density at radius 3 is 2.75 bits per heavy atom. The molecule has 0 aromatic heterocycles. The molecule has 0 saturated heterocycles. The molecule has 1 aliphatic rings. The van der Waals surface area contributed by atoms with Gasteiger partial charge < -0.3 is 0 Å². The van der Waals surface area contributed by atoms with Gasteiger partial charge in [0.2, 0.25) is 0 Å². The van der Waals surface area contributed by atoms with Gasteiger partial charge in [0.25, 0.3) is 0 Å². The Morgan fingerprint density at radius 1 is 1.50 bits per heavy atom. The average molecular weight is 166 g/mol. The molecule has 0 radical (unpaired) electrons. The van der Waals surface area contributed by atoms with E-state index in [1.54, 1.807) is 0 Å². The molecule has 68 valence electrons. The molecule has 0 saturated carbocycles. The highest BCUT2D eigenvalue weighted by atomic mass is 16.1. The Morgan fingerprint density at radius 2 is 2.17 bits per heavy atom. The second-order valence-electron chi connectivity index (χ2n) is 4.09. The topological polar surface area (TPSA) is 17.1 Å². The van der Waals surface area contributed by atoms with Crippen molar-refractivity contribution >= 4 is 5.78 Å². The van der Waals surface area contributed by atoms with Gasteiger partial charge in [-0.05, 0) is 37.2 Å². The van der Waals surface area contributed by atoms with Crippen LogP contribution in [-0.4, -0.2) is 5.78 Å². The lowest BCUT2D eigenvalue weighted by Crippen LogP contribution is -2.07. The van der Waals surface area contributed by atoms with Crippen LogP contribution >= 0.6 is 0 Å². The van der Waals surface area contributed by atoms with E-state index in [4.69, 9.17) is 0 Å². The molecule has 1 nitrogen and oxygen atoms in total. The van der Waals surface area contributed by atoms with Crippen molar-refractivity contribution in [2.75, 3.05) is 0 Å². The molecule has 0 amide bonds. The molecule has 0 bridgehead atoms. The Balaban J connectivity index is 2.62. The lowest BCUT2D eigenvalue weighted by atomic mass is 9.89. The third-order valence-corrected chi connectivity index (χ3v) is 2.85. The minimum absolute atomic E-state index is 0.346. The van der Waals surface area contributed by atoms with Gasteiger partial charge in [0.05, 0.1) is 0 Å². The molecule has 0 aromatic rings. The molecule has 1 atom stereocenters. The van der Waals surface area contributed by atoms with Gasteiger partial charge in [0.15, 0.2) is 5.78 Å². The van der Waals surface area contributed by atoms with Crippen LogP contribution in [0.15, 0.2) is 11.6 Å². The summed E-state index contributed by atoms with van der Waals surface area (Å²) in [6, 6.07) is 0. The monoisotopic (exact) mass is 166 g/mol. The van der Waals surface area contributed by atoms with E-state index in [1.807, 2.05) is 6.92 Å². The number of carbonyl (C=O) groups excluding carboxylic acids is 1. The zero-order valence-electron chi connectivity index (χ0n) is 8.26. The molecule has 1 aliphatic carbocycles. The van der Waals surface area contributed by atoms with Gasteiger partial charge in [0, 0.05) is 6.42 Å². The Kier molecular flexibility index (Phi) is 3.07. The van der Waals surface area contributed by atoms with E-state index in [0.717, 1.165) is 24.8 Å². The van der Waals surface area contributed by atoms with Gasteiger partial charge in [-0.1, -0.05) is 19.9 Å². The summed E-state index contributed by atoms with van der Waals surface area (Å²) in [5.74, 6) is 1.77. The fraction of sp³-hybridized carbons (Fsp3) is 0.727. The third kappa shape index (κ3) is 2.20. The van der Waals surface area contributed by atoms with Crippen molar-refractivity contribution in [3.8, 4) is 0 Å². The van der Waals surface area contributed by atoms with Gasteiger partial charge in [0.1, 0.15) is 0 Å². The van der Waals surface area contributed by atoms with Crippen LogP contribution in [0.3, 0.4) is 0 Å². The van der Waals surface area contributed by atoms with Crippen molar-refractivity contribution < 1.29 is 4.79 Å². The highest BCUT2D eigenvalue weighted by Crippen LogP contribution is 2.26. The van der Waals surface area contributed by atoms with E-state index in [1.165, 1.54) is 0 Å². The number of Topliss-reactive ketones (excluding diaryl/α,β-unsaturated/α-hetero) is 1. The van der Waals surface area contributed by atoms with Crippen molar-refractivity contribution in [2.24, 2.45) is 11.8 Å². The van der Waals surface area contributed by atoms with Crippen molar-refractivity contribution in [3.05, 3.63) is 11.6 Å². The van der Waals surface area contributed by atoms with Crippen LogP contribution in [0.4, 0.5) is 0 Å². The van der Waals surface area contributed by atoms with Gasteiger partial charge >= 0.3 is 0 Å². The summed E-state index contributed by atoms with van der Waals surface area (Å²) in [6.07, 6.45) is 5.03. The SMILES string of the molecule is CC1=CC[C@H](C(C)C)CCC1=O. The van der Waals surface area contributed by atoms with Crippen LogP contribution in [0.1, 0.15) is 40.0 Å². The number of carbonyl (C=O) groups is 1. The first-order chi connectivity index (χ1) is 5.61. The van der Waals surface area contributed by atoms with Crippen LogP contribution < -0.4 is 0 Å². The largest absolute Gasteiger partial charge is 0.295 e. The first kappa shape index (κ1) is 9.50. The molecule has 12 heavy (non-hydrogen) atoms. The maximum atomic E-state index is 11.3. The number of allylic oxidation sites excluding steroid dienone is 2. The highest BCUT2D eigenvalue weighted by Gasteiger charge is 2.18. The van der Waals surface area contributed by atoms with E-state index in [0.29, 0.717) is 17.6 Å². The zero-order valence-corrected chi connectivity index (χ0v) is 8.26. The zero-order chi connectivity index (χ0) is 9.14. The fourth-order valence-electron chi connectivity index (χ4n) is 1.68. The fourth-order valence-corrected chi connectivity index (χ4v) is 1.68. The number of ketones is 1. The van der Waals surface area contributed by atoms with E-state index < -0.39 is 0 Å². The summed E-state index contributed by atoms with van der Waals surface area (Å²) < 4.78 is 0. The van der Waals surface area contributed by atoms with Gasteiger partial charge in [-0.15, -0.1) is 0 Å². The van der Waals surface area contributed by atoms with Crippen LogP contribution in [0.5, 0.6) is 0 Å². The van der Waals surface area contributed by atoms with Crippen molar-refractivity contribution in [1.29, 1.82) is 0 Å². The predicted octanol–water partition coefficient (Wildman–Crippen LogP) is 2.96. The second kappa shape index (κ2) is 3.88. The second-order valence-corrected chi connectivity index (χ2v) is 4.09. The Hall–Kier alpha value is -0.590. The van der Waals surface area contributed by atoms with Crippen LogP contribution in [0.2, 0.25) is 0 Å². The number of hydrogen-bond donors (Lipinski definition) is 0. The lowest BCUT2D eigenvalue weighted by Gasteiger charge is -2.16. The minimum atomic E-state index is 0.346. The van der Waals surface area contributed by atoms with Crippen molar-refractivity contribution in [3.63, 3.8) is 0 Å². The molecule has 0 N–H and O–H groups in total. The highest BCUT2D eigenvalue weighted by molar-refractivity contribution is 5.94. The average Bonchev–Trinajstić information content (AvgIpc) is 2.16. The van der Waals surface area contributed by atoms with Crippen LogP contribution in [-0.2, 0) is 4.79 Å². The third-order valence-electron chi connectivity index (χ3n) is 2.85. The summed E-state index contributed by atoms with van der Waals surface area (Å²) in [4.78, 5) is 11.3. The number of rotatable bonds is 1. The molecule has 1 rings (SSSR count).